The third-order valence-corrected chi connectivity index (χ3v) is 5.97. The second kappa shape index (κ2) is 7.75. The van der Waals surface area contributed by atoms with Crippen LogP contribution in [-0.2, 0) is 19.6 Å². The molecule has 0 fully saturated rings. The number of methoxy groups -OCH3 is 1. The molecule has 1 aromatic carbocycles. The number of hydrogen-bond donors (Lipinski definition) is 2. The molecule has 128 valence electrons. The van der Waals surface area contributed by atoms with Crippen LogP contribution in [-0.4, -0.2) is 33.9 Å². The fourth-order valence-corrected chi connectivity index (χ4v) is 4.26. The van der Waals surface area contributed by atoms with Crippen molar-refractivity contribution in [2.45, 2.75) is 4.21 Å². The number of rotatable bonds is 6. The lowest BCUT2D eigenvalue weighted by Gasteiger charge is -2.10. The molecule has 2 N–H and O–H groups in total. The minimum atomic E-state index is -3.83. The zero-order chi connectivity index (χ0) is 17.7. The van der Waals surface area contributed by atoms with Gasteiger partial charge in [-0.2, -0.15) is 0 Å². The van der Waals surface area contributed by atoms with Gasteiger partial charge in [-0.3, -0.25) is 4.79 Å². The van der Waals surface area contributed by atoms with E-state index in [4.69, 9.17) is 11.6 Å². The summed E-state index contributed by atoms with van der Waals surface area (Å²) >= 11 is 6.58. The molecule has 0 saturated carbocycles. The Morgan fingerprint density at radius 2 is 1.92 bits per heavy atom. The van der Waals surface area contributed by atoms with Crippen molar-refractivity contribution in [1.82, 2.24) is 4.72 Å². The summed E-state index contributed by atoms with van der Waals surface area (Å²) in [7, 11) is -2.60. The fourth-order valence-electron chi connectivity index (χ4n) is 1.75. The smallest absolute Gasteiger partial charge is 0.339 e. The van der Waals surface area contributed by atoms with Gasteiger partial charge in [0.1, 0.15) is 4.21 Å². The second-order valence-electron chi connectivity index (χ2n) is 4.47. The normalized spacial score (nSPS) is 11.1. The Hall–Kier alpha value is -1.94. The number of ether oxygens (including phenoxy) is 1. The standard InChI is InChI=1S/C14H13ClN2O5S2/c1-22-14(19)9-4-2-3-5-10(9)17-12(18)8-16-24(20,21)13-7-6-11(15)23-13/h2-7,16H,8H2,1H3,(H,17,18). The van der Waals surface area contributed by atoms with Crippen molar-refractivity contribution >= 4 is 50.5 Å². The Morgan fingerprint density at radius 3 is 2.54 bits per heavy atom. The number of esters is 1. The fraction of sp³-hybridized carbons (Fsp3) is 0.143. The summed E-state index contributed by atoms with van der Waals surface area (Å²) < 4.78 is 31.1. The molecule has 0 aliphatic rings. The third kappa shape index (κ3) is 4.54. The molecule has 1 heterocycles. The molecular formula is C14H13ClN2O5S2. The van der Waals surface area contributed by atoms with Crippen LogP contribution < -0.4 is 10.0 Å². The summed E-state index contributed by atoms with van der Waals surface area (Å²) in [6, 6.07) is 9.04. The van der Waals surface area contributed by atoms with Gasteiger partial charge in [-0.1, -0.05) is 23.7 Å². The molecule has 0 saturated heterocycles. The Morgan fingerprint density at radius 1 is 1.21 bits per heavy atom. The molecule has 24 heavy (non-hydrogen) atoms. The van der Waals surface area contributed by atoms with Crippen LogP contribution in [0.25, 0.3) is 0 Å². The van der Waals surface area contributed by atoms with Crippen molar-refractivity contribution < 1.29 is 22.7 Å². The zero-order valence-electron chi connectivity index (χ0n) is 12.4. The van der Waals surface area contributed by atoms with Gasteiger partial charge in [0, 0.05) is 0 Å². The highest BCUT2D eigenvalue weighted by molar-refractivity contribution is 7.91. The second-order valence-corrected chi connectivity index (χ2v) is 8.18. The minimum absolute atomic E-state index is 0.00950. The number of thiophene rings is 1. The molecule has 0 unspecified atom stereocenters. The Labute approximate surface area is 147 Å². The highest BCUT2D eigenvalue weighted by Crippen LogP contribution is 2.25. The number of nitrogens with one attached hydrogen (secondary N) is 2. The number of halogens is 1. The van der Waals surface area contributed by atoms with E-state index in [0.717, 1.165) is 11.3 Å². The molecule has 7 nitrogen and oxygen atoms in total. The van der Waals surface area contributed by atoms with Crippen LogP contribution in [0.5, 0.6) is 0 Å². The van der Waals surface area contributed by atoms with Crippen LogP contribution in [0.3, 0.4) is 0 Å². The van der Waals surface area contributed by atoms with Crippen LogP contribution in [0.4, 0.5) is 5.69 Å². The van der Waals surface area contributed by atoms with Crippen molar-refractivity contribution in [2.75, 3.05) is 19.0 Å². The van der Waals surface area contributed by atoms with Crippen molar-refractivity contribution in [1.29, 1.82) is 0 Å². The lowest BCUT2D eigenvalue weighted by molar-refractivity contribution is -0.115. The molecule has 1 amide bonds. The maximum atomic E-state index is 12.0. The number of carbonyl (C=O) groups excluding carboxylic acids is 2. The van der Waals surface area contributed by atoms with Crippen molar-refractivity contribution in [3.05, 3.63) is 46.3 Å². The summed E-state index contributed by atoms with van der Waals surface area (Å²) in [4.78, 5) is 23.6. The third-order valence-electron chi connectivity index (χ3n) is 2.84. The highest BCUT2D eigenvalue weighted by atomic mass is 35.5. The van der Waals surface area contributed by atoms with E-state index in [2.05, 4.69) is 14.8 Å². The van der Waals surface area contributed by atoms with Crippen molar-refractivity contribution in [2.24, 2.45) is 0 Å². The molecule has 0 bridgehead atoms. The van der Waals surface area contributed by atoms with Crippen LogP contribution in [0.1, 0.15) is 10.4 Å². The van der Waals surface area contributed by atoms with Gasteiger partial charge in [-0.25, -0.2) is 17.9 Å². The summed E-state index contributed by atoms with van der Waals surface area (Å²) in [6.45, 7) is -0.493. The van der Waals surface area contributed by atoms with Crippen LogP contribution >= 0.6 is 22.9 Å². The molecule has 1 aromatic heterocycles. The van der Waals surface area contributed by atoms with E-state index in [9.17, 15) is 18.0 Å². The Balaban J connectivity index is 2.03. The molecule has 0 atom stereocenters. The van der Waals surface area contributed by atoms with E-state index in [1.54, 1.807) is 12.1 Å². The first-order valence-electron chi connectivity index (χ1n) is 6.55. The SMILES string of the molecule is COC(=O)c1ccccc1NC(=O)CNS(=O)(=O)c1ccc(Cl)s1. The molecule has 2 aromatic rings. The first-order chi connectivity index (χ1) is 11.3. The minimum Gasteiger partial charge on any atom is -0.465 e. The molecule has 0 spiro atoms. The van der Waals surface area contributed by atoms with Gasteiger partial charge in [0.25, 0.3) is 10.0 Å². The molecular weight excluding hydrogens is 376 g/mol. The van der Waals surface area contributed by atoms with Gasteiger partial charge in [0.2, 0.25) is 5.91 Å². The molecule has 0 aliphatic carbocycles. The lowest BCUT2D eigenvalue weighted by Crippen LogP contribution is -2.32. The molecule has 2 rings (SSSR count). The number of hydrogen-bond acceptors (Lipinski definition) is 6. The topological polar surface area (TPSA) is 102 Å². The van der Waals surface area contributed by atoms with Gasteiger partial charge in [0.15, 0.2) is 0 Å². The number of anilines is 1. The monoisotopic (exact) mass is 388 g/mol. The number of benzene rings is 1. The maximum Gasteiger partial charge on any atom is 0.339 e. The van der Waals surface area contributed by atoms with Crippen LogP contribution in [0.2, 0.25) is 4.34 Å². The van der Waals surface area contributed by atoms with Crippen molar-refractivity contribution in [3.63, 3.8) is 0 Å². The maximum absolute atomic E-state index is 12.0. The van der Waals surface area contributed by atoms with E-state index in [-0.39, 0.29) is 15.5 Å². The first kappa shape index (κ1) is 18.4. The van der Waals surface area contributed by atoms with Gasteiger partial charge < -0.3 is 10.1 Å². The van der Waals surface area contributed by atoms with Crippen LogP contribution in [0.15, 0.2) is 40.6 Å². The summed E-state index contributed by atoms with van der Waals surface area (Å²) in [5.41, 5.74) is 0.397. The Bertz CT molecular complexity index is 864. The predicted octanol–water partition coefficient (Wildman–Crippen LogP) is 2.11. The lowest BCUT2D eigenvalue weighted by atomic mass is 10.2. The number of para-hydroxylation sites is 1. The Kier molecular flexibility index (Phi) is 5.94. The van der Waals surface area contributed by atoms with Crippen LogP contribution in [0, 0.1) is 0 Å². The van der Waals surface area contributed by atoms with E-state index in [1.807, 2.05) is 0 Å². The number of sulfonamides is 1. The van der Waals surface area contributed by atoms with E-state index in [1.165, 1.54) is 31.4 Å². The van der Waals surface area contributed by atoms with E-state index in [0.29, 0.717) is 4.34 Å². The average Bonchev–Trinajstić information content (AvgIpc) is 3.00. The quantitative estimate of drug-likeness (QED) is 0.738. The predicted molar refractivity (Wildman–Crippen MR) is 90.9 cm³/mol. The first-order valence-corrected chi connectivity index (χ1v) is 9.23. The molecule has 0 aliphatic heterocycles. The largest absolute Gasteiger partial charge is 0.465 e. The molecule has 0 radical (unpaired) electrons. The van der Waals surface area contributed by atoms with Gasteiger partial charge >= 0.3 is 5.97 Å². The van der Waals surface area contributed by atoms with E-state index < -0.39 is 28.4 Å². The summed E-state index contributed by atoms with van der Waals surface area (Å²) in [5.74, 6) is -1.24. The van der Waals surface area contributed by atoms with Gasteiger partial charge in [-0.05, 0) is 24.3 Å². The zero-order valence-corrected chi connectivity index (χ0v) is 14.8. The average molecular weight is 389 g/mol. The molecule has 10 heteroatoms. The highest BCUT2D eigenvalue weighted by Gasteiger charge is 2.19. The summed E-state index contributed by atoms with van der Waals surface area (Å²) in [5, 5.41) is 2.47. The number of amides is 1. The van der Waals surface area contributed by atoms with Gasteiger partial charge in [0.05, 0.1) is 29.2 Å². The summed E-state index contributed by atoms with van der Waals surface area (Å²) in [6.07, 6.45) is 0. The van der Waals surface area contributed by atoms with Crippen molar-refractivity contribution in [3.8, 4) is 0 Å². The number of carbonyl (C=O) groups is 2. The van der Waals surface area contributed by atoms with Gasteiger partial charge in [-0.15, -0.1) is 11.3 Å². The van der Waals surface area contributed by atoms with E-state index >= 15 is 0 Å².